The molecule has 0 fully saturated rings. The van der Waals surface area contributed by atoms with Gasteiger partial charge in [-0.25, -0.2) is 0 Å². The topological polar surface area (TPSA) is 41.6 Å². The van der Waals surface area contributed by atoms with Crippen LogP contribution in [0.15, 0.2) is 18.2 Å². The van der Waals surface area contributed by atoms with Crippen LogP contribution in [0.1, 0.15) is 11.3 Å². The average Bonchev–Trinajstić information content (AvgIpc) is 2.43. The Kier molecular flexibility index (Phi) is 1.97. The molecule has 2 rings (SSSR count). The molecule has 70 valence electrons. The van der Waals surface area contributed by atoms with Crippen molar-refractivity contribution in [1.29, 1.82) is 5.26 Å². The van der Waals surface area contributed by atoms with Crippen LogP contribution in [0.4, 0.5) is 0 Å². The maximum Gasteiger partial charge on any atom is 0.0685 e. The first-order chi connectivity index (χ1) is 6.72. The van der Waals surface area contributed by atoms with E-state index < -0.39 is 0 Å². The third kappa shape index (κ3) is 1.25. The number of fused-ring (bicyclic) bond motifs is 1. The van der Waals surface area contributed by atoms with E-state index in [2.05, 4.69) is 11.2 Å². The predicted molar refractivity (Wildman–Crippen MR) is 54.8 cm³/mol. The molecule has 0 atom stereocenters. The minimum atomic E-state index is 0.458. The van der Waals surface area contributed by atoms with E-state index >= 15 is 0 Å². The second-order valence-electron chi connectivity index (χ2n) is 3.40. The molecule has 1 aromatic heterocycles. The van der Waals surface area contributed by atoms with Crippen LogP contribution in [0.2, 0.25) is 0 Å². The Bertz CT molecular complexity index is 517. The summed E-state index contributed by atoms with van der Waals surface area (Å²) in [6, 6.07) is 8.19. The van der Waals surface area contributed by atoms with Gasteiger partial charge in [0.05, 0.1) is 23.7 Å². The van der Waals surface area contributed by atoms with E-state index in [4.69, 9.17) is 5.26 Å². The van der Waals surface area contributed by atoms with Crippen molar-refractivity contribution < 1.29 is 0 Å². The number of hydrogen-bond donors (Lipinski definition) is 0. The molecule has 2 aromatic rings. The molecule has 1 heterocycles. The van der Waals surface area contributed by atoms with Crippen LogP contribution in [0.3, 0.4) is 0 Å². The summed E-state index contributed by atoms with van der Waals surface area (Å²) in [5, 5.41) is 14.1. The number of hydrogen-bond acceptors (Lipinski definition) is 2. The molecule has 0 spiro atoms. The Morgan fingerprint density at radius 2 is 2.29 bits per heavy atom. The van der Waals surface area contributed by atoms with Crippen LogP contribution in [0.25, 0.3) is 10.9 Å². The van der Waals surface area contributed by atoms with Crippen LogP contribution in [-0.2, 0) is 13.5 Å². The van der Waals surface area contributed by atoms with E-state index in [1.54, 1.807) is 0 Å². The number of nitriles is 1. The molecule has 0 saturated heterocycles. The fourth-order valence-corrected chi connectivity index (χ4v) is 1.68. The maximum absolute atomic E-state index is 8.59. The second-order valence-corrected chi connectivity index (χ2v) is 3.40. The normalized spacial score (nSPS) is 10.4. The first kappa shape index (κ1) is 8.76. The quantitative estimate of drug-likeness (QED) is 0.681. The molecule has 0 aliphatic rings. The van der Waals surface area contributed by atoms with Gasteiger partial charge in [-0.05, 0) is 18.6 Å². The fourth-order valence-electron chi connectivity index (χ4n) is 1.68. The van der Waals surface area contributed by atoms with Crippen molar-refractivity contribution in [3.63, 3.8) is 0 Å². The molecule has 0 aliphatic heterocycles. The number of aryl methyl sites for hydroxylation is 2. The van der Waals surface area contributed by atoms with Crippen molar-refractivity contribution in [1.82, 2.24) is 9.78 Å². The standard InChI is InChI=1S/C11H11N3/c1-8-10-4-3-9(5-6-12)7-11(10)14(2)13-8/h3-4,7H,5H2,1-2H3. The molecule has 3 heteroatoms. The molecule has 1 aromatic carbocycles. The van der Waals surface area contributed by atoms with Crippen LogP contribution >= 0.6 is 0 Å². The van der Waals surface area contributed by atoms with Gasteiger partial charge >= 0.3 is 0 Å². The Morgan fingerprint density at radius 3 is 3.00 bits per heavy atom. The molecule has 0 amide bonds. The Morgan fingerprint density at radius 1 is 1.50 bits per heavy atom. The van der Waals surface area contributed by atoms with Gasteiger partial charge in [-0.3, -0.25) is 4.68 Å². The summed E-state index contributed by atoms with van der Waals surface area (Å²) in [5.41, 5.74) is 3.17. The first-order valence-corrected chi connectivity index (χ1v) is 4.51. The smallest absolute Gasteiger partial charge is 0.0685 e. The molecule has 0 aliphatic carbocycles. The highest BCUT2D eigenvalue weighted by Gasteiger charge is 2.04. The van der Waals surface area contributed by atoms with E-state index in [1.807, 2.05) is 36.9 Å². The van der Waals surface area contributed by atoms with E-state index in [0.717, 1.165) is 22.2 Å². The van der Waals surface area contributed by atoms with Crippen LogP contribution < -0.4 is 0 Å². The Hall–Kier alpha value is -1.82. The van der Waals surface area contributed by atoms with Crippen molar-refractivity contribution in [3.05, 3.63) is 29.5 Å². The molecule has 0 unspecified atom stereocenters. The monoisotopic (exact) mass is 185 g/mol. The summed E-state index contributed by atoms with van der Waals surface area (Å²) in [7, 11) is 1.92. The first-order valence-electron chi connectivity index (χ1n) is 4.51. The molecule has 0 N–H and O–H groups in total. The van der Waals surface area contributed by atoms with E-state index in [0.29, 0.717) is 6.42 Å². The van der Waals surface area contributed by atoms with Crippen molar-refractivity contribution >= 4 is 10.9 Å². The van der Waals surface area contributed by atoms with Crippen LogP contribution in [0.5, 0.6) is 0 Å². The number of aromatic nitrogens is 2. The van der Waals surface area contributed by atoms with Gasteiger partial charge in [0.15, 0.2) is 0 Å². The molecule has 0 saturated carbocycles. The number of rotatable bonds is 1. The van der Waals surface area contributed by atoms with Crippen molar-refractivity contribution in [3.8, 4) is 6.07 Å². The van der Waals surface area contributed by atoms with Gasteiger partial charge < -0.3 is 0 Å². The molecule has 0 bridgehead atoms. The zero-order valence-electron chi connectivity index (χ0n) is 8.28. The van der Waals surface area contributed by atoms with E-state index in [9.17, 15) is 0 Å². The SMILES string of the molecule is Cc1nn(C)c2cc(CC#N)ccc12. The Labute approximate surface area is 82.6 Å². The zero-order chi connectivity index (χ0) is 10.1. The highest BCUT2D eigenvalue weighted by molar-refractivity contribution is 5.82. The lowest BCUT2D eigenvalue weighted by atomic mass is 10.1. The van der Waals surface area contributed by atoms with Crippen LogP contribution in [0, 0.1) is 18.3 Å². The van der Waals surface area contributed by atoms with Gasteiger partial charge in [-0.2, -0.15) is 10.4 Å². The van der Waals surface area contributed by atoms with Gasteiger partial charge in [0.2, 0.25) is 0 Å². The van der Waals surface area contributed by atoms with Gasteiger partial charge in [0, 0.05) is 12.4 Å². The lowest BCUT2D eigenvalue weighted by Crippen LogP contribution is -1.90. The molecule has 3 nitrogen and oxygen atoms in total. The fraction of sp³-hybridized carbons (Fsp3) is 0.273. The summed E-state index contributed by atoms with van der Waals surface area (Å²) in [5.74, 6) is 0. The molecular formula is C11H11N3. The molecular weight excluding hydrogens is 174 g/mol. The third-order valence-electron chi connectivity index (χ3n) is 2.38. The molecule has 0 radical (unpaired) electrons. The average molecular weight is 185 g/mol. The van der Waals surface area contributed by atoms with Gasteiger partial charge in [-0.1, -0.05) is 12.1 Å². The summed E-state index contributed by atoms with van der Waals surface area (Å²) < 4.78 is 1.85. The van der Waals surface area contributed by atoms with Gasteiger partial charge in [-0.15, -0.1) is 0 Å². The molecule has 14 heavy (non-hydrogen) atoms. The lowest BCUT2D eigenvalue weighted by molar-refractivity contribution is 0.783. The third-order valence-corrected chi connectivity index (χ3v) is 2.38. The van der Waals surface area contributed by atoms with Crippen molar-refractivity contribution in [2.45, 2.75) is 13.3 Å². The van der Waals surface area contributed by atoms with Gasteiger partial charge in [0.25, 0.3) is 0 Å². The summed E-state index contributed by atoms with van der Waals surface area (Å²) in [6.45, 7) is 1.99. The zero-order valence-corrected chi connectivity index (χ0v) is 8.28. The lowest BCUT2D eigenvalue weighted by Gasteiger charge is -1.96. The van der Waals surface area contributed by atoms with E-state index in [1.165, 1.54) is 0 Å². The second kappa shape index (κ2) is 3.15. The summed E-state index contributed by atoms with van der Waals surface area (Å²) in [4.78, 5) is 0. The largest absolute Gasteiger partial charge is 0.268 e. The minimum Gasteiger partial charge on any atom is -0.268 e. The van der Waals surface area contributed by atoms with Crippen LogP contribution in [-0.4, -0.2) is 9.78 Å². The van der Waals surface area contributed by atoms with Gasteiger partial charge in [0.1, 0.15) is 0 Å². The van der Waals surface area contributed by atoms with E-state index in [-0.39, 0.29) is 0 Å². The Balaban J connectivity index is 2.66. The highest BCUT2D eigenvalue weighted by atomic mass is 15.3. The maximum atomic E-state index is 8.59. The van der Waals surface area contributed by atoms with Crippen molar-refractivity contribution in [2.24, 2.45) is 7.05 Å². The minimum absolute atomic E-state index is 0.458. The predicted octanol–water partition coefficient (Wildman–Crippen LogP) is 1.95. The summed E-state index contributed by atoms with van der Waals surface area (Å²) in [6.07, 6.45) is 0.458. The van der Waals surface area contributed by atoms with Crippen molar-refractivity contribution in [2.75, 3.05) is 0 Å². The number of nitrogens with zero attached hydrogens (tertiary/aromatic N) is 3. The summed E-state index contributed by atoms with van der Waals surface area (Å²) >= 11 is 0. The number of benzene rings is 1. The highest BCUT2D eigenvalue weighted by Crippen LogP contribution is 2.18.